The van der Waals surface area contributed by atoms with Crippen LogP contribution in [0.15, 0.2) is 24.3 Å². The van der Waals surface area contributed by atoms with Gasteiger partial charge in [0.2, 0.25) is 0 Å². The van der Waals surface area contributed by atoms with Gasteiger partial charge in [0.25, 0.3) is 0 Å². The van der Waals surface area contributed by atoms with Gasteiger partial charge >= 0.3 is 0 Å². The van der Waals surface area contributed by atoms with Crippen LogP contribution < -0.4 is 0 Å². The molecule has 0 unspecified atom stereocenters. The van der Waals surface area contributed by atoms with Crippen LogP contribution in [0, 0.1) is 5.92 Å². The molecule has 0 spiro atoms. The zero-order valence-corrected chi connectivity index (χ0v) is 10.8. The van der Waals surface area contributed by atoms with Crippen molar-refractivity contribution in [2.75, 3.05) is 14.1 Å². The first kappa shape index (κ1) is 12.2. The molecule has 0 aliphatic rings. The fourth-order valence-corrected chi connectivity index (χ4v) is 1.79. The van der Waals surface area contributed by atoms with Gasteiger partial charge in [-0.3, -0.25) is 0 Å². The van der Waals surface area contributed by atoms with Gasteiger partial charge in [0.05, 0.1) is 0 Å². The predicted octanol–water partition coefficient (Wildman–Crippen LogP) is 3.12. The zero-order chi connectivity index (χ0) is 11.4. The Morgan fingerprint density at radius 2 is 1.87 bits per heavy atom. The summed E-state index contributed by atoms with van der Waals surface area (Å²) >= 11 is 5.41. The van der Waals surface area contributed by atoms with E-state index in [4.69, 9.17) is 12.2 Å². The number of thiocarbonyl (C=S) groups is 1. The third-order valence-electron chi connectivity index (χ3n) is 2.28. The summed E-state index contributed by atoms with van der Waals surface area (Å²) in [6.45, 7) is 4.46. The van der Waals surface area contributed by atoms with Crippen LogP contribution >= 0.6 is 12.2 Å². The van der Waals surface area contributed by atoms with E-state index in [9.17, 15) is 0 Å². The predicted molar refractivity (Wildman–Crippen MR) is 70.4 cm³/mol. The SMILES string of the molecule is CC(C)Cc1ccccc1C(=S)N(C)C. The second kappa shape index (κ2) is 5.26. The zero-order valence-electron chi connectivity index (χ0n) is 9.95. The van der Waals surface area contributed by atoms with Gasteiger partial charge in [-0.15, -0.1) is 0 Å². The van der Waals surface area contributed by atoms with Gasteiger partial charge in [-0.25, -0.2) is 0 Å². The second-order valence-electron chi connectivity index (χ2n) is 4.45. The lowest BCUT2D eigenvalue weighted by atomic mass is 9.98. The van der Waals surface area contributed by atoms with Crippen LogP contribution in [0.25, 0.3) is 0 Å². The van der Waals surface area contributed by atoms with Gasteiger partial charge in [0, 0.05) is 19.7 Å². The Kier molecular flexibility index (Phi) is 4.28. The highest BCUT2D eigenvalue weighted by molar-refractivity contribution is 7.80. The fraction of sp³-hybridized carbons (Fsp3) is 0.462. The molecule has 82 valence electrons. The topological polar surface area (TPSA) is 3.24 Å². The highest BCUT2D eigenvalue weighted by Crippen LogP contribution is 2.15. The van der Waals surface area contributed by atoms with Crippen molar-refractivity contribution in [2.45, 2.75) is 20.3 Å². The largest absolute Gasteiger partial charge is 0.368 e. The summed E-state index contributed by atoms with van der Waals surface area (Å²) in [5.74, 6) is 0.663. The molecule has 0 amide bonds. The smallest absolute Gasteiger partial charge is 0.108 e. The Balaban J connectivity index is 3.01. The van der Waals surface area contributed by atoms with Crippen LogP contribution in [0.1, 0.15) is 25.0 Å². The van der Waals surface area contributed by atoms with Crippen molar-refractivity contribution < 1.29 is 0 Å². The molecule has 1 aromatic carbocycles. The third kappa shape index (κ3) is 3.31. The van der Waals surface area contributed by atoms with Crippen LogP contribution in [0.4, 0.5) is 0 Å². The van der Waals surface area contributed by atoms with E-state index < -0.39 is 0 Å². The Bertz CT molecular complexity index is 342. The summed E-state index contributed by atoms with van der Waals surface area (Å²) in [6.07, 6.45) is 1.09. The first-order valence-electron chi connectivity index (χ1n) is 5.32. The van der Waals surface area contributed by atoms with Gasteiger partial charge in [-0.1, -0.05) is 50.3 Å². The average Bonchev–Trinajstić information content (AvgIpc) is 2.16. The molecule has 0 bridgehead atoms. The molecule has 0 aliphatic carbocycles. The molecular weight excluding hydrogens is 202 g/mol. The molecule has 1 rings (SSSR count). The first-order chi connectivity index (χ1) is 7.02. The van der Waals surface area contributed by atoms with Crippen LogP contribution in [-0.2, 0) is 6.42 Å². The van der Waals surface area contributed by atoms with Crippen molar-refractivity contribution in [2.24, 2.45) is 5.92 Å². The monoisotopic (exact) mass is 221 g/mol. The van der Waals surface area contributed by atoms with Crippen LogP contribution in [0.3, 0.4) is 0 Å². The molecule has 0 fully saturated rings. The van der Waals surface area contributed by atoms with Crippen molar-refractivity contribution in [1.82, 2.24) is 4.90 Å². The summed E-state index contributed by atoms with van der Waals surface area (Å²) < 4.78 is 0. The van der Waals surface area contributed by atoms with Crippen molar-refractivity contribution in [3.8, 4) is 0 Å². The third-order valence-corrected chi connectivity index (χ3v) is 2.87. The van der Waals surface area contributed by atoms with E-state index in [1.165, 1.54) is 11.1 Å². The second-order valence-corrected chi connectivity index (χ2v) is 4.84. The summed E-state index contributed by atoms with van der Waals surface area (Å²) in [7, 11) is 3.99. The van der Waals surface area contributed by atoms with Crippen LogP contribution in [-0.4, -0.2) is 24.0 Å². The molecule has 1 aromatic rings. The molecular formula is C13H19NS. The standard InChI is InChI=1S/C13H19NS/c1-10(2)9-11-7-5-6-8-12(11)13(15)14(3)4/h5-8,10H,9H2,1-4H3. The lowest BCUT2D eigenvalue weighted by Crippen LogP contribution is -2.22. The van der Waals surface area contributed by atoms with Gasteiger partial charge < -0.3 is 4.90 Å². The van der Waals surface area contributed by atoms with Crippen LogP contribution in [0.2, 0.25) is 0 Å². The maximum absolute atomic E-state index is 5.41. The van der Waals surface area contributed by atoms with E-state index in [0.717, 1.165) is 11.4 Å². The summed E-state index contributed by atoms with van der Waals surface area (Å²) in [4.78, 5) is 2.92. The highest BCUT2D eigenvalue weighted by atomic mass is 32.1. The Hall–Kier alpha value is -0.890. The van der Waals surface area contributed by atoms with E-state index in [-0.39, 0.29) is 0 Å². The van der Waals surface area contributed by atoms with E-state index >= 15 is 0 Å². The lowest BCUT2D eigenvalue weighted by Gasteiger charge is -2.17. The molecule has 0 saturated heterocycles. The molecule has 0 heterocycles. The molecule has 2 heteroatoms. The van der Waals surface area contributed by atoms with Crippen molar-refractivity contribution in [1.29, 1.82) is 0 Å². The van der Waals surface area contributed by atoms with Gasteiger partial charge in [-0.05, 0) is 17.9 Å². The average molecular weight is 221 g/mol. The van der Waals surface area contributed by atoms with E-state index in [1.54, 1.807) is 0 Å². The minimum atomic E-state index is 0.663. The molecule has 0 atom stereocenters. The summed E-state index contributed by atoms with van der Waals surface area (Å²) in [6, 6.07) is 8.42. The maximum atomic E-state index is 5.41. The number of benzene rings is 1. The van der Waals surface area contributed by atoms with Crippen molar-refractivity contribution >= 4 is 17.2 Å². The molecule has 0 aliphatic heterocycles. The van der Waals surface area contributed by atoms with Crippen LogP contribution in [0.5, 0.6) is 0 Å². The molecule has 0 radical (unpaired) electrons. The maximum Gasteiger partial charge on any atom is 0.108 e. The quantitative estimate of drug-likeness (QED) is 0.721. The molecule has 0 aromatic heterocycles. The van der Waals surface area contributed by atoms with E-state index in [1.807, 2.05) is 19.0 Å². The lowest BCUT2D eigenvalue weighted by molar-refractivity contribution is 0.627. The molecule has 1 nitrogen and oxygen atoms in total. The van der Waals surface area contributed by atoms with Gasteiger partial charge in [-0.2, -0.15) is 0 Å². The minimum Gasteiger partial charge on any atom is -0.368 e. The summed E-state index contributed by atoms with van der Waals surface area (Å²) in [5.41, 5.74) is 2.55. The molecule has 15 heavy (non-hydrogen) atoms. The van der Waals surface area contributed by atoms with Crippen molar-refractivity contribution in [3.63, 3.8) is 0 Å². The Morgan fingerprint density at radius 3 is 2.40 bits per heavy atom. The van der Waals surface area contributed by atoms with Crippen molar-refractivity contribution in [3.05, 3.63) is 35.4 Å². The number of rotatable bonds is 3. The van der Waals surface area contributed by atoms with E-state index in [0.29, 0.717) is 5.92 Å². The normalized spacial score (nSPS) is 10.5. The molecule has 0 saturated carbocycles. The number of hydrogen-bond donors (Lipinski definition) is 0. The highest BCUT2D eigenvalue weighted by Gasteiger charge is 2.09. The van der Waals surface area contributed by atoms with E-state index in [2.05, 4.69) is 38.1 Å². The minimum absolute atomic E-state index is 0.663. The number of hydrogen-bond acceptors (Lipinski definition) is 1. The Morgan fingerprint density at radius 1 is 1.27 bits per heavy atom. The number of nitrogens with zero attached hydrogens (tertiary/aromatic N) is 1. The summed E-state index contributed by atoms with van der Waals surface area (Å²) in [5, 5.41) is 0. The van der Waals surface area contributed by atoms with Gasteiger partial charge in [0.15, 0.2) is 0 Å². The fourth-order valence-electron chi connectivity index (χ4n) is 1.59. The first-order valence-corrected chi connectivity index (χ1v) is 5.72. The Labute approximate surface area is 98.1 Å². The molecule has 0 N–H and O–H groups in total. The van der Waals surface area contributed by atoms with Gasteiger partial charge in [0.1, 0.15) is 4.99 Å².